The topological polar surface area (TPSA) is 87.1 Å². The number of rotatable bonds is 6. The average Bonchev–Trinajstić information content (AvgIpc) is 2.26. The van der Waals surface area contributed by atoms with Gasteiger partial charge in [0.15, 0.2) is 0 Å². The fourth-order valence-electron chi connectivity index (χ4n) is 1.07. The normalized spacial score (nSPS) is 11.9. The molecule has 1 unspecified atom stereocenters. The van der Waals surface area contributed by atoms with Crippen molar-refractivity contribution in [2.45, 2.75) is 26.3 Å². The number of hydrogen-bond donors (Lipinski definition) is 3. The third kappa shape index (κ3) is 3.72. The highest BCUT2D eigenvalue weighted by Gasteiger charge is 2.10. The van der Waals surface area contributed by atoms with Gasteiger partial charge in [0.05, 0.1) is 0 Å². The summed E-state index contributed by atoms with van der Waals surface area (Å²) in [5, 5.41) is 14.6. The maximum Gasteiger partial charge on any atom is 0.325 e. The molecule has 0 aliphatic carbocycles. The summed E-state index contributed by atoms with van der Waals surface area (Å²) in [7, 11) is 0. The van der Waals surface area contributed by atoms with Crippen LogP contribution in [0.25, 0.3) is 0 Å². The molecule has 0 aliphatic rings. The molecule has 0 spiro atoms. The molecule has 0 fully saturated rings. The lowest BCUT2D eigenvalue weighted by Gasteiger charge is -2.10. The SMILES string of the molecule is CCCNc1cc(NC(C)C(=O)O)ncn1. The number of carboxylic acid groups (broad SMARTS) is 1. The number of nitrogens with zero attached hydrogens (tertiary/aromatic N) is 2. The molecule has 0 saturated heterocycles. The smallest absolute Gasteiger partial charge is 0.325 e. The predicted molar refractivity (Wildman–Crippen MR) is 61.5 cm³/mol. The lowest BCUT2D eigenvalue weighted by molar-refractivity contribution is -0.137. The van der Waals surface area contributed by atoms with Gasteiger partial charge in [0.1, 0.15) is 24.0 Å². The Morgan fingerprint density at radius 3 is 2.81 bits per heavy atom. The first kappa shape index (κ1) is 12.2. The van der Waals surface area contributed by atoms with Gasteiger partial charge in [-0.1, -0.05) is 6.92 Å². The number of carbonyl (C=O) groups is 1. The number of nitrogens with one attached hydrogen (secondary N) is 2. The Balaban J connectivity index is 2.63. The second-order valence-electron chi connectivity index (χ2n) is 3.42. The van der Waals surface area contributed by atoms with Crippen LogP contribution in [0.3, 0.4) is 0 Å². The first-order valence-electron chi connectivity index (χ1n) is 5.18. The van der Waals surface area contributed by atoms with Gasteiger partial charge >= 0.3 is 5.97 Å². The molecular formula is C10H16N4O2. The molecule has 0 radical (unpaired) electrons. The van der Waals surface area contributed by atoms with E-state index in [1.807, 2.05) is 0 Å². The van der Waals surface area contributed by atoms with Crippen molar-refractivity contribution in [3.05, 3.63) is 12.4 Å². The second-order valence-corrected chi connectivity index (χ2v) is 3.42. The van der Waals surface area contributed by atoms with E-state index in [1.165, 1.54) is 6.33 Å². The Bertz CT molecular complexity index is 356. The molecule has 1 aromatic rings. The zero-order chi connectivity index (χ0) is 12.0. The van der Waals surface area contributed by atoms with Crippen molar-refractivity contribution in [3.63, 3.8) is 0 Å². The monoisotopic (exact) mass is 224 g/mol. The van der Waals surface area contributed by atoms with Gasteiger partial charge in [0, 0.05) is 12.6 Å². The van der Waals surface area contributed by atoms with Crippen LogP contribution in [0, 0.1) is 0 Å². The molecule has 6 nitrogen and oxygen atoms in total. The zero-order valence-corrected chi connectivity index (χ0v) is 9.40. The van der Waals surface area contributed by atoms with Crippen molar-refractivity contribution in [1.29, 1.82) is 0 Å². The zero-order valence-electron chi connectivity index (χ0n) is 9.40. The van der Waals surface area contributed by atoms with Gasteiger partial charge < -0.3 is 15.7 Å². The van der Waals surface area contributed by atoms with Crippen LogP contribution < -0.4 is 10.6 Å². The van der Waals surface area contributed by atoms with Crippen LogP contribution in [-0.4, -0.2) is 33.6 Å². The van der Waals surface area contributed by atoms with Crippen molar-refractivity contribution in [3.8, 4) is 0 Å². The molecule has 3 N–H and O–H groups in total. The molecule has 1 heterocycles. The van der Waals surface area contributed by atoms with Crippen LogP contribution in [0.5, 0.6) is 0 Å². The van der Waals surface area contributed by atoms with E-state index >= 15 is 0 Å². The van der Waals surface area contributed by atoms with Crippen LogP contribution in [0.15, 0.2) is 12.4 Å². The highest BCUT2D eigenvalue weighted by molar-refractivity contribution is 5.76. The van der Waals surface area contributed by atoms with Crippen LogP contribution in [0.1, 0.15) is 20.3 Å². The molecule has 1 rings (SSSR count). The van der Waals surface area contributed by atoms with Gasteiger partial charge in [-0.05, 0) is 13.3 Å². The minimum atomic E-state index is -0.915. The van der Waals surface area contributed by atoms with E-state index in [0.717, 1.165) is 13.0 Å². The molecular weight excluding hydrogens is 208 g/mol. The third-order valence-corrected chi connectivity index (χ3v) is 1.96. The van der Waals surface area contributed by atoms with E-state index in [4.69, 9.17) is 5.11 Å². The molecule has 0 aromatic carbocycles. The largest absolute Gasteiger partial charge is 0.480 e. The summed E-state index contributed by atoms with van der Waals surface area (Å²) in [6.07, 6.45) is 2.40. The van der Waals surface area contributed by atoms with Crippen LogP contribution in [-0.2, 0) is 4.79 Å². The summed E-state index contributed by atoms with van der Waals surface area (Å²) in [6.45, 7) is 4.44. The summed E-state index contributed by atoms with van der Waals surface area (Å²) >= 11 is 0. The summed E-state index contributed by atoms with van der Waals surface area (Å²) < 4.78 is 0. The van der Waals surface area contributed by atoms with Gasteiger partial charge in [-0.25, -0.2) is 9.97 Å². The molecule has 0 bridgehead atoms. The summed E-state index contributed by atoms with van der Waals surface area (Å²) in [5.74, 6) is 0.280. The lowest BCUT2D eigenvalue weighted by atomic mass is 10.3. The Kier molecular flexibility index (Phi) is 4.50. The standard InChI is InChI=1S/C10H16N4O2/c1-3-4-11-8-5-9(13-6-12-8)14-7(2)10(15)16/h5-7H,3-4H2,1-2H3,(H,15,16)(H2,11,12,13,14). The predicted octanol–water partition coefficient (Wildman–Crippen LogP) is 1.18. The number of hydrogen-bond acceptors (Lipinski definition) is 5. The van der Waals surface area contributed by atoms with Crippen LogP contribution >= 0.6 is 0 Å². The van der Waals surface area contributed by atoms with Gasteiger partial charge in [0.25, 0.3) is 0 Å². The van der Waals surface area contributed by atoms with E-state index in [0.29, 0.717) is 11.6 Å². The summed E-state index contributed by atoms with van der Waals surface area (Å²) in [6, 6.07) is 1.02. The summed E-state index contributed by atoms with van der Waals surface area (Å²) in [5.41, 5.74) is 0. The summed E-state index contributed by atoms with van der Waals surface area (Å²) in [4.78, 5) is 18.6. The van der Waals surface area contributed by atoms with E-state index in [9.17, 15) is 4.79 Å². The van der Waals surface area contributed by atoms with Crippen molar-refractivity contribution in [1.82, 2.24) is 9.97 Å². The fourth-order valence-corrected chi connectivity index (χ4v) is 1.07. The van der Waals surface area contributed by atoms with Crippen molar-refractivity contribution >= 4 is 17.6 Å². The van der Waals surface area contributed by atoms with Gasteiger partial charge in [-0.15, -0.1) is 0 Å². The Morgan fingerprint density at radius 2 is 2.19 bits per heavy atom. The van der Waals surface area contributed by atoms with Crippen LogP contribution in [0.2, 0.25) is 0 Å². The third-order valence-electron chi connectivity index (χ3n) is 1.96. The highest BCUT2D eigenvalue weighted by Crippen LogP contribution is 2.09. The molecule has 88 valence electrons. The van der Waals surface area contributed by atoms with Crippen molar-refractivity contribution in [2.24, 2.45) is 0 Å². The lowest BCUT2D eigenvalue weighted by Crippen LogP contribution is -2.25. The number of aliphatic carboxylic acids is 1. The maximum atomic E-state index is 10.6. The Hall–Kier alpha value is -1.85. The number of anilines is 2. The van der Waals surface area contributed by atoms with E-state index in [-0.39, 0.29) is 0 Å². The molecule has 1 atom stereocenters. The molecule has 0 saturated carbocycles. The minimum absolute atomic E-state index is 0.503. The van der Waals surface area contributed by atoms with E-state index in [1.54, 1.807) is 13.0 Å². The minimum Gasteiger partial charge on any atom is -0.480 e. The maximum absolute atomic E-state index is 10.6. The van der Waals surface area contributed by atoms with Gasteiger partial charge in [0.2, 0.25) is 0 Å². The number of aromatic nitrogens is 2. The molecule has 6 heteroatoms. The van der Waals surface area contributed by atoms with Crippen LogP contribution in [0.4, 0.5) is 11.6 Å². The van der Waals surface area contributed by atoms with Crippen molar-refractivity contribution in [2.75, 3.05) is 17.2 Å². The quantitative estimate of drug-likeness (QED) is 0.672. The Morgan fingerprint density at radius 1 is 1.50 bits per heavy atom. The van der Waals surface area contributed by atoms with Gasteiger partial charge in [-0.2, -0.15) is 0 Å². The van der Waals surface area contributed by atoms with E-state index < -0.39 is 12.0 Å². The fraction of sp³-hybridized carbons (Fsp3) is 0.500. The number of carboxylic acids is 1. The Labute approximate surface area is 94.1 Å². The van der Waals surface area contributed by atoms with Gasteiger partial charge in [-0.3, -0.25) is 4.79 Å². The molecule has 1 aromatic heterocycles. The highest BCUT2D eigenvalue weighted by atomic mass is 16.4. The second kappa shape index (κ2) is 5.89. The molecule has 0 amide bonds. The van der Waals surface area contributed by atoms with Crippen molar-refractivity contribution < 1.29 is 9.90 Å². The average molecular weight is 224 g/mol. The first-order chi connectivity index (χ1) is 7.63. The van der Waals surface area contributed by atoms with E-state index in [2.05, 4.69) is 27.5 Å². The first-order valence-corrected chi connectivity index (χ1v) is 5.18. The molecule has 0 aliphatic heterocycles. The molecule has 16 heavy (non-hydrogen) atoms.